The molecule has 0 rings (SSSR count). The molecule has 0 aliphatic carbocycles. The van der Waals surface area contributed by atoms with Gasteiger partial charge in [0.15, 0.2) is 0 Å². The summed E-state index contributed by atoms with van der Waals surface area (Å²) < 4.78 is 39.3. The number of carbonyl (C=O) groups is 2. The lowest BCUT2D eigenvalue weighted by molar-refractivity contribution is -0.170. The summed E-state index contributed by atoms with van der Waals surface area (Å²) in [6.07, 6.45) is -6.52. The standard InChI is InChI=1S/C9H13F3O3/c1-8(2,3)7(14)15-6(13)4-5-9(10,11)12/h4-5H2,1-3H3. The fourth-order valence-corrected chi connectivity index (χ4v) is 0.551. The fraction of sp³-hybridized carbons (Fsp3) is 0.778. The highest BCUT2D eigenvalue weighted by atomic mass is 19.4. The van der Waals surface area contributed by atoms with Gasteiger partial charge in [0.05, 0.1) is 18.3 Å². The van der Waals surface area contributed by atoms with Crippen LogP contribution in [0.3, 0.4) is 0 Å². The molecule has 0 saturated carbocycles. The molecule has 0 atom stereocenters. The normalized spacial score (nSPS) is 12.4. The molecule has 3 nitrogen and oxygen atoms in total. The van der Waals surface area contributed by atoms with Gasteiger partial charge in [-0.3, -0.25) is 9.59 Å². The Morgan fingerprint density at radius 3 is 1.93 bits per heavy atom. The Labute approximate surface area is 85.6 Å². The van der Waals surface area contributed by atoms with E-state index in [4.69, 9.17) is 0 Å². The average molecular weight is 226 g/mol. The van der Waals surface area contributed by atoms with Crippen molar-refractivity contribution in [2.24, 2.45) is 5.41 Å². The maximum Gasteiger partial charge on any atom is 0.389 e. The number of ether oxygens (including phenoxy) is 1. The molecule has 0 aromatic carbocycles. The second kappa shape index (κ2) is 4.63. The molecule has 0 fully saturated rings. The van der Waals surface area contributed by atoms with E-state index in [9.17, 15) is 22.8 Å². The van der Waals surface area contributed by atoms with Gasteiger partial charge in [-0.1, -0.05) is 0 Å². The summed E-state index contributed by atoms with van der Waals surface area (Å²) in [5.41, 5.74) is -0.895. The molecular formula is C9H13F3O3. The van der Waals surface area contributed by atoms with E-state index >= 15 is 0 Å². The Balaban J connectivity index is 4.02. The van der Waals surface area contributed by atoms with E-state index in [2.05, 4.69) is 4.74 Å². The van der Waals surface area contributed by atoms with E-state index in [1.54, 1.807) is 0 Å². The third kappa shape index (κ3) is 6.93. The van der Waals surface area contributed by atoms with Crippen molar-refractivity contribution in [1.29, 1.82) is 0 Å². The minimum absolute atomic E-state index is 0.824. The van der Waals surface area contributed by atoms with Gasteiger partial charge in [0.1, 0.15) is 0 Å². The van der Waals surface area contributed by atoms with Gasteiger partial charge in [0.2, 0.25) is 0 Å². The van der Waals surface area contributed by atoms with Crippen molar-refractivity contribution in [2.75, 3.05) is 0 Å². The van der Waals surface area contributed by atoms with E-state index in [0.29, 0.717) is 0 Å². The van der Waals surface area contributed by atoms with E-state index < -0.39 is 36.4 Å². The van der Waals surface area contributed by atoms with E-state index in [-0.39, 0.29) is 0 Å². The Morgan fingerprint density at radius 1 is 1.13 bits per heavy atom. The van der Waals surface area contributed by atoms with Crippen LogP contribution in [0.4, 0.5) is 13.2 Å². The van der Waals surface area contributed by atoms with Gasteiger partial charge >= 0.3 is 18.1 Å². The van der Waals surface area contributed by atoms with Crippen LogP contribution in [0.5, 0.6) is 0 Å². The van der Waals surface area contributed by atoms with Crippen molar-refractivity contribution in [3.05, 3.63) is 0 Å². The minimum atomic E-state index is -4.41. The first kappa shape index (κ1) is 13.9. The first-order chi connectivity index (χ1) is 6.52. The Bertz CT molecular complexity index is 250. The molecule has 0 aliphatic heterocycles. The smallest absolute Gasteiger partial charge is 0.389 e. The van der Waals surface area contributed by atoms with Crippen LogP contribution < -0.4 is 0 Å². The van der Waals surface area contributed by atoms with Crippen molar-refractivity contribution >= 4 is 11.9 Å². The summed E-state index contributed by atoms with van der Waals surface area (Å²) in [4.78, 5) is 21.9. The van der Waals surface area contributed by atoms with Crippen molar-refractivity contribution in [2.45, 2.75) is 39.8 Å². The molecule has 0 unspecified atom stereocenters. The predicted octanol–water partition coefficient (Wildman–Crippen LogP) is 2.44. The zero-order chi connectivity index (χ0) is 12.3. The number of hydrogen-bond acceptors (Lipinski definition) is 3. The molecule has 0 spiro atoms. The van der Waals surface area contributed by atoms with Crippen LogP contribution in [0.25, 0.3) is 0 Å². The highest BCUT2D eigenvalue weighted by molar-refractivity contribution is 5.88. The maximum absolute atomic E-state index is 11.7. The van der Waals surface area contributed by atoms with Crippen molar-refractivity contribution < 1.29 is 27.5 Å². The molecule has 0 aliphatic rings. The lowest BCUT2D eigenvalue weighted by atomic mass is 9.97. The predicted molar refractivity (Wildman–Crippen MR) is 45.8 cm³/mol. The number of esters is 2. The Hall–Kier alpha value is -1.07. The van der Waals surface area contributed by atoms with Crippen LogP contribution >= 0.6 is 0 Å². The zero-order valence-corrected chi connectivity index (χ0v) is 8.77. The minimum Gasteiger partial charge on any atom is -0.393 e. The summed E-state index contributed by atoms with van der Waals surface area (Å²) in [6.45, 7) is 4.52. The van der Waals surface area contributed by atoms with Gasteiger partial charge in [0.25, 0.3) is 0 Å². The van der Waals surface area contributed by atoms with Crippen LogP contribution in [0.15, 0.2) is 0 Å². The molecule has 0 saturated heterocycles. The van der Waals surface area contributed by atoms with Gasteiger partial charge in [-0.05, 0) is 20.8 Å². The Kier molecular flexibility index (Phi) is 4.30. The molecule has 0 N–H and O–H groups in total. The maximum atomic E-state index is 11.7. The van der Waals surface area contributed by atoms with E-state index in [0.717, 1.165) is 0 Å². The van der Waals surface area contributed by atoms with Gasteiger partial charge in [0, 0.05) is 0 Å². The summed E-state index contributed by atoms with van der Waals surface area (Å²) in [6, 6.07) is 0. The number of carbonyl (C=O) groups excluding carboxylic acids is 2. The van der Waals surface area contributed by atoms with Crippen LogP contribution in [0.1, 0.15) is 33.6 Å². The molecule has 0 heterocycles. The number of alkyl halides is 3. The SMILES string of the molecule is CC(C)(C)C(=O)OC(=O)CCC(F)(F)F. The molecular weight excluding hydrogens is 213 g/mol. The summed E-state index contributed by atoms with van der Waals surface area (Å²) in [5, 5.41) is 0. The Morgan fingerprint density at radius 2 is 1.60 bits per heavy atom. The van der Waals surface area contributed by atoms with Gasteiger partial charge in [-0.2, -0.15) is 13.2 Å². The van der Waals surface area contributed by atoms with E-state index in [1.807, 2.05) is 0 Å². The molecule has 0 amide bonds. The first-order valence-corrected chi connectivity index (χ1v) is 4.34. The quantitative estimate of drug-likeness (QED) is 0.536. The third-order valence-electron chi connectivity index (χ3n) is 1.43. The van der Waals surface area contributed by atoms with Crippen LogP contribution in [-0.4, -0.2) is 18.1 Å². The van der Waals surface area contributed by atoms with Crippen molar-refractivity contribution in [3.63, 3.8) is 0 Å². The average Bonchev–Trinajstić information content (AvgIpc) is 1.97. The summed E-state index contributed by atoms with van der Waals surface area (Å²) in [7, 11) is 0. The second-order valence-corrected chi connectivity index (χ2v) is 4.13. The molecule has 15 heavy (non-hydrogen) atoms. The monoisotopic (exact) mass is 226 g/mol. The van der Waals surface area contributed by atoms with Crippen molar-refractivity contribution in [3.8, 4) is 0 Å². The first-order valence-electron chi connectivity index (χ1n) is 4.34. The molecule has 0 aromatic rings. The molecule has 88 valence electrons. The molecule has 0 radical (unpaired) electrons. The number of hydrogen-bond donors (Lipinski definition) is 0. The van der Waals surface area contributed by atoms with E-state index in [1.165, 1.54) is 20.8 Å². The second-order valence-electron chi connectivity index (χ2n) is 4.13. The highest BCUT2D eigenvalue weighted by Gasteiger charge is 2.30. The molecule has 0 aromatic heterocycles. The van der Waals surface area contributed by atoms with Gasteiger partial charge < -0.3 is 4.74 Å². The number of rotatable bonds is 2. The van der Waals surface area contributed by atoms with Gasteiger partial charge in [-0.15, -0.1) is 0 Å². The zero-order valence-electron chi connectivity index (χ0n) is 8.77. The lowest BCUT2D eigenvalue weighted by Gasteiger charge is -2.15. The fourth-order valence-electron chi connectivity index (χ4n) is 0.551. The van der Waals surface area contributed by atoms with Crippen LogP contribution in [0, 0.1) is 5.41 Å². The topological polar surface area (TPSA) is 43.4 Å². The lowest BCUT2D eigenvalue weighted by Crippen LogP contribution is -2.26. The number of halogens is 3. The van der Waals surface area contributed by atoms with Crippen LogP contribution in [-0.2, 0) is 14.3 Å². The molecule has 6 heteroatoms. The molecule has 0 bridgehead atoms. The van der Waals surface area contributed by atoms with Crippen LogP contribution in [0.2, 0.25) is 0 Å². The third-order valence-corrected chi connectivity index (χ3v) is 1.43. The van der Waals surface area contributed by atoms with Gasteiger partial charge in [-0.25, -0.2) is 0 Å². The highest BCUT2D eigenvalue weighted by Crippen LogP contribution is 2.22. The summed E-state index contributed by atoms with van der Waals surface area (Å²) in [5.74, 6) is -1.97. The summed E-state index contributed by atoms with van der Waals surface area (Å²) >= 11 is 0. The largest absolute Gasteiger partial charge is 0.393 e. The van der Waals surface area contributed by atoms with Crippen molar-refractivity contribution in [1.82, 2.24) is 0 Å².